The number of rotatable bonds is 6. The van der Waals surface area contributed by atoms with Gasteiger partial charge in [-0.05, 0) is 49.4 Å². The van der Waals surface area contributed by atoms with E-state index in [0.29, 0.717) is 11.4 Å². The number of carbonyl (C=O) groups excluding carboxylic acids is 1. The van der Waals surface area contributed by atoms with Crippen LogP contribution in [0.2, 0.25) is 0 Å². The first-order valence-electron chi connectivity index (χ1n) is 11.0. The minimum atomic E-state index is -0.418. The summed E-state index contributed by atoms with van der Waals surface area (Å²) in [5.41, 5.74) is 9.95. The number of pyridine rings is 1. The van der Waals surface area contributed by atoms with E-state index in [4.69, 9.17) is 15.5 Å². The number of amides is 1. The number of aromatic nitrogens is 3. The molecule has 3 heterocycles. The number of carbonyl (C=O) groups is 1. The fourth-order valence-electron chi connectivity index (χ4n) is 4.41. The number of nitrogens with zero attached hydrogens (tertiary/aromatic N) is 4. The number of benzene rings is 2. The first-order valence-corrected chi connectivity index (χ1v) is 11.0. The van der Waals surface area contributed by atoms with Crippen LogP contribution in [0.1, 0.15) is 34.0 Å². The Bertz CT molecular complexity index is 1290. The third-order valence-corrected chi connectivity index (χ3v) is 6.15. The van der Waals surface area contributed by atoms with Crippen molar-refractivity contribution in [1.82, 2.24) is 19.9 Å². The lowest BCUT2D eigenvalue weighted by molar-refractivity contribution is 0.100. The summed E-state index contributed by atoms with van der Waals surface area (Å²) >= 11 is 0. The van der Waals surface area contributed by atoms with Crippen LogP contribution in [-0.4, -0.2) is 46.0 Å². The molecule has 4 aromatic rings. The fourth-order valence-corrected chi connectivity index (χ4v) is 4.41. The van der Waals surface area contributed by atoms with Crippen LogP contribution in [0, 0.1) is 0 Å². The minimum absolute atomic E-state index is 0.257. The Kier molecular flexibility index (Phi) is 5.71. The summed E-state index contributed by atoms with van der Waals surface area (Å²) in [6.45, 7) is 2.59. The monoisotopic (exact) mass is 439 g/mol. The second-order valence-electron chi connectivity index (χ2n) is 8.34. The number of nitrogens with two attached hydrogens (primary N) is 1. The first kappa shape index (κ1) is 21.0. The molecule has 1 amide bonds. The topological polar surface area (TPSA) is 94.2 Å². The summed E-state index contributed by atoms with van der Waals surface area (Å²) < 4.78 is 5.20. The summed E-state index contributed by atoms with van der Waals surface area (Å²) in [5, 5.41) is 0.803. The molecule has 0 bridgehead atoms. The number of likely N-dealkylation sites (tertiary alicyclic amines) is 1. The number of primary amides is 1. The maximum atomic E-state index is 12.0. The van der Waals surface area contributed by atoms with Crippen molar-refractivity contribution in [3.8, 4) is 17.1 Å². The van der Waals surface area contributed by atoms with E-state index in [2.05, 4.69) is 14.9 Å². The predicted molar refractivity (Wildman–Crippen MR) is 127 cm³/mol. The van der Waals surface area contributed by atoms with Crippen molar-refractivity contribution in [3.63, 3.8) is 0 Å². The van der Waals surface area contributed by atoms with Gasteiger partial charge in [0.15, 0.2) is 5.82 Å². The Morgan fingerprint density at radius 3 is 2.61 bits per heavy atom. The van der Waals surface area contributed by atoms with Gasteiger partial charge in [-0.25, -0.2) is 9.97 Å². The van der Waals surface area contributed by atoms with Crippen LogP contribution in [0.3, 0.4) is 0 Å². The summed E-state index contributed by atoms with van der Waals surface area (Å²) in [7, 11) is 1.65. The minimum Gasteiger partial charge on any atom is -0.497 e. The number of methoxy groups -OCH3 is 1. The van der Waals surface area contributed by atoms with Crippen molar-refractivity contribution in [2.24, 2.45) is 5.73 Å². The number of hydrogen-bond acceptors (Lipinski definition) is 6. The Balaban J connectivity index is 1.28. The van der Waals surface area contributed by atoms with Gasteiger partial charge in [-0.1, -0.05) is 18.2 Å². The smallest absolute Gasteiger partial charge is 0.249 e. The largest absolute Gasteiger partial charge is 0.497 e. The van der Waals surface area contributed by atoms with Gasteiger partial charge >= 0.3 is 0 Å². The van der Waals surface area contributed by atoms with Gasteiger partial charge in [0.2, 0.25) is 5.91 Å². The van der Waals surface area contributed by atoms with Gasteiger partial charge in [0.05, 0.1) is 18.2 Å². The highest BCUT2D eigenvalue weighted by Crippen LogP contribution is 2.30. The third kappa shape index (κ3) is 4.40. The number of para-hydroxylation sites is 1. The van der Waals surface area contributed by atoms with E-state index < -0.39 is 5.91 Å². The van der Waals surface area contributed by atoms with Gasteiger partial charge in [-0.15, -0.1) is 0 Å². The van der Waals surface area contributed by atoms with E-state index in [9.17, 15) is 4.79 Å². The van der Waals surface area contributed by atoms with Crippen molar-refractivity contribution >= 4 is 16.8 Å². The fraction of sp³-hybridized carbons (Fsp3) is 0.231. The normalized spacial score (nSPS) is 16.2. The van der Waals surface area contributed by atoms with Gasteiger partial charge in [-0.2, -0.15) is 0 Å². The Labute approximate surface area is 192 Å². The zero-order valence-electron chi connectivity index (χ0n) is 18.4. The van der Waals surface area contributed by atoms with E-state index in [0.717, 1.165) is 59.5 Å². The lowest BCUT2D eigenvalue weighted by Crippen LogP contribution is -2.20. The van der Waals surface area contributed by atoms with Gasteiger partial charge in [0.1, 0.15) is 5.75 Å². The summed E-state index contributed by atoms with van der Waals surface area (Å²) in [4.78, 5) is 28.3. The molecular weight excluding hydrogens is 414 g/mol. The van der Waals surface area contributed by atoms with Crippen LogP contribution in [0.4, 0.5) is 0 Å². The zero-order valence-corrected chi connectivity index (χ0v) is 18.4. The third-order valence-electron chi connectivity index (χ3n) is 6.15. The molecule has 7 nitrogen and oxygen atoms in total. The van der Waals surface area contributed by atoms with Crippen LogP contribution in [0.25, 0.3) is 22.3 Å². The number of fused-ring (bicyclic) bond motifs is 1. The molecule has 0 saturated carbocycles. The molecule has 5 rings (SSSR count). The van der Waals surface area contributed by atoms with Crippen molar-refractivity contribution < 1.29 is 9.53 Å². The molecule has 0 unspecified atom stereocenters. The molecule has 33 heavy (non-hydrogen) atoms. The summed E-state index contributed by atoms with van der Waals surface area (Å²) in [5.74, 6) is 1.34. The molecule has 2 aromatic heterocycles. The molecule has 7 heteroatoms. The average Bonchev–Trinajstić information content (AvgIpc) is 3.32. The van der Waals surface area contributed by atoms with Crippen LogP contribution in [0.5, 0.6) is 5.75 Å². The van der Waals surface area contributed by atoms with Crippen molar-refractivity contribution in [2.45, 2.75) is 18.9 Å². The van der Waals surface area contributed by atoms with E-state index in [1.807, 2.05) is 67.0 Å². The second-order valence-corrected chi connectivity index (χ2v) is 8.34. The highest BCUT2D eigenvalue weighted by atomic mass is 16.5. The number of hydrogen-bond donors (Lipinski definition) is 1. The molecule has 0 aliphatic carbocycles. The van der Waals surface area contributed by atoms with E-state index in [1.165, 1.54) is 0 Å². The van der Waals surface area contributed by atoms with Crippen LogP contribution < -0.4 is 10.5 Å². The highest BCUT2D eigenvalue weighted by molar-refractivity contribution is 6.05. The van der Waals surface area contributed by atoms with E-state index >= 15 is 0 Å². The van der Waals surface area contributed by atoms with Crippen molar-refractivity contribution in [2.75, 3.05) is 20.2 Å². The summed E-state index contributed by atoms with van der Waals surface area (Å²) in [6, 6.07) is 17.2. The van der Waals surface area contributed by atoms with Gasteiger partial charge in [0.25, 0.3) is 0 Å². The maximum Gasteiger partial charge on any atom is 0.249 e. The predicted octanol–water partition coefficient (Wildman–Crippen LogP) is 3.79. The number of ether oxygens (including phenoxy) is 1. The lowest BCUT2D eigenvalue weighted by atomic mass is 9.99. The molecule has 1 saturated heterocycles. The molecule has 0 spiro atoms. The second kappa shape index (κ2) is 8.96. The van der Waals surface area contributed by atoms with Crippen molar-refractivity contribution in [3.05, 3.63) is 83.8 Å². The molecule has 0 radical (unpaired) electrons. The lowest BCUT2D eigenvalue weighted by Gasteiger charge is -2.16. The Morgan fingerprint density at radius 1 is 1.12 bits per heavy atom. The standard InChI is InChI=1S/C26H25N5O2/c1-33-20-8-6-18(7-9-20)26-28-13-17(14-29-26)15-31-11-10-19(16-31)24-12-22(25(27)32)21-4-2-3-5-23(21)30-24/h2-9,12-14,19H,10-11,15-16H2,1H3,(H2,27,32)/t19-/m0/s1. The molecule has 166 valence electrons. The summed E-state index contributed by atoms with van der Waals surface area (Å²) in [6.07, 6.45) is 4.76. The SMILES string of the molecule is COc1ccc(-c2ncc(CN3CC[C@H](c4cc(C(N)=O)c5ccccc5n4)C3)cn2)cc1. The molecule has 1 aliphatic heterocycles. The molecule has 1 aliphatic rings. The molecule has 1 atom stereocenters. The average molecular weight is 440 g/mol. The maximum absolute atomic E-state index is 12.0. The Hall–Kier alpha value is -3.84. The van der Waals surface area contributed by atoms with Crippen LogP contribution in [-0.2, 0) is 6.54 Å². The quantitative estimate of drug-likeness (QED) is 0.491. The van der Waals surface area contributed by atoms with Gasteiger partial charge in [0, 0.05) is 53.6 Å². The molecule has 1 fully saturated rings. The molecule has 2 N–H and O–H groups in total. The van der Waals surface area contributed by atoms with E-state index in [-0.39, 0.29) is 5.92 Å². The highest BCUT2D eigenvalue weighted by Gasteiger charge is 2.26. The molecular formula is C26H25N5O2. The van der Waals surface area contributed by atoms with Crippen LogP contribution in [0.15, 0.2) is 67.0 Å². The zero-order chi connectivity index (χ0) is 22.8. The molecule has 2 aromatic carbocycles. The Morgan fingerprint density at radius 2 is 1.88 bits per heavy atom. The van der Waals surface area contributed by atoms with Crippen molar-refractivity contribution in [1.29, 1.82) is 0 Å². The van der Waals surface area contributed by atoms with E-state index in [1.54, 1.807) is 7.11 Å². The van der Waals surface area contributed by atoms with Gasteiger partial charge < -0.3 is 10.5 Å². The first-order chi connectivity index (χ1) is 16.1. The van der Waals surface area contributed by atoms with Gasteiger partial charge in [-0.3, -0.25) is 14.7 Å². The van der Waals surface area contributed by atoms with Crippen LogP contribution >= 0.6 is 0 Å².